The third-order valence-corrected chi connectivity index (χ3v) is 3.91. The summed E-state index contributed by atoms with van der Waals surface area (Å²) in [4.78, 5) is 3.28. The van der Waals surface area contributed by atoms with Gasteiger partial charge in [0.2, 0.25) is 0 Å². The second kappa shape index (κ2) is 4.18. The Labute approximate surface area is 105 Å². The van der Waals surface area contributed by atoms with Crippen molar-refractivity contribution in [3.63, 3.8) is 0 Å². The highest BCUT2D eigenvalue weighted by Crippen LogP contribution is 2.33. The van der Waals surface area contributed by atoms with Crippen LogP contribution in [0.3, 0.4) is 0 Å². The molecule has 1 fully saturated rings. The maximum Gasteiger partial charge on any atom is 0.178 e. The topological polar surface area (TPSA) is 29.9 Å². The van der Waals surface area contributed by atoms with Crippen LogP contribution >= 0.6 is 12.2 Å². The van der Waals surface area contributed by atoms with E-state index < -0.39 is 0 Å². The van der Waals surface area contributed by atoms with Crippen LogP contribution < -0.4 is 4.74 Å². The molecule has 0 atom stereocenters. The van der Waals surface area contributed by atoms with Crippen molar-refractivity contribution in [1.82, 2.24) is 9.55 Å². The third kappa shape index (κ3) is 1.76. The lowest BCUT2D eigenvalue weighted by Gasteiger charge is -2.12. The molecule has 1 aliphatic carbocycles. The van der Waals surface area contributed by atoms with E-state index in [9.17, 15) is 0 Å². The van der Waals surface area contributed by atoms with E-state index in [1.807, 2.05) is 12.1 Å². The number of hydrogen-bond donors (Lipinski definition) is 1. The Kier molecular flexibility index (Phi) is 2.67. The average Bonchev–Trinajstić information content (AvgIpc) is 2.93. The first-order valence-electron chi connectivity index (χ1n) is 6.08. The molecular formula is C13H16N2OS. The van der Waals surface area contributed by atoms with Crippen LogP contribution in [0.25, 0.3) is 11.0 Å². The van der Waals surface area contributed by atoms with E-state index in [1.54, 1.807) is 7.11 Å². The van der Waals surface area contributed by atoms with E-state index >= 15 is 0 Å². The predicted molar refractivity (Wildman–Crippen MR) is 71.2 cm³/mol. The molecule has 3 rings (SSSR count). The Morgan fingerprint density at radius 3 is 2.82 bits per heavy atom. The zero-order chi connectivity index (χ0) is 11.8. The molecule has 0 bridgehead atoms. The van der Waals surface area contributed by atoms with Gasteiger partial charge in [0.1, 0.15) is 5.75 Å². The molecule has 1 heterocycles. The van der Waals surface area contributed by atoms with Gasteiger partial charge in [-0.3, -0.25) is 0 Å². The van der Waals surface area contributed by atoms with E-state index in [2.05, 4.69) is 15.6 Å². The number of aromatic amines is 1. The molecule has 3 nitrogen and oxygen atoms in total. The van der Waals surface area contributed by atoms with Crippen LogP contribution in [0.15, 0.2) is 18.2 Å². The van der Waals surface area contributed by atoms with E-state index in [0.717, 1.165) is 16.0 Å². The first kappa shape index (κ1) is 10.8. The molecule has 1 aromatic carbocycles. The Bertz CT molecular complexity index is 593. The fraction of sp³-hybridized carbons (Fsp3) is 0.462. The number of hydrogen-bond acceptors (Lipinski definition) is 2. The third-order valence-electron chi connectivity index (χ3n) is 3.61. The van der Waals surface area contributed by atoms with E-state index in [1.165, 1.54) is 31.2 Å². The van der Waals surface area contributed by atoms with Crippen LogP contribution in [-0.2, 0) is 0 Å². The minimum atomic E-state index is 0.559. The Hall–Kier alpha value is -1.29. The zero-order valence-corrected chi connectivity index (χ0v) is 10.7. The number of H-pyrrole nitrogens is 1. The molecule has 0 saturated heterocycles. The van der Waals surface area contributed by atoms with Gasteiger partial charge in [-0.15, -0.1) is 0 Å². The second-order valence-electron chi connectivity index (χ2n) is 4.62. The average molecular weight is 248 g/mol. The van der Waals surface area contributed by atoms with Gasteiger partial charge in [0, 0.05) is 12.1 Å². The van der Waals surface area contributed by atoms with Crippen LogP contribution in [0.1, 0.15) is 31.7 Å². The van der Waals surface area contributed by atoms with E-state index in [-0.39, 0.29) is 0 Å². The van der Waals surface area contributed by atoms with Crippen molar-refractivity contribution >= 4 is 23.3 Å². The number of nitrogens with zero attached hydrogens (tertiary/aromatic N) is 1. The van der Waals surface area contributed by atoms with Gasteiger partial charge in [0.25, 0.3) is 0 Å². The smallest absolute Gasteiger partial charge is 0.178 e. The van der Waals surface area contributed by atoms with Crippen molar-refractivity contribution in [3.8, 4) is 5.75 Å². The molecule has 90 valence electrons. The van der Waals surface area contributed by atoms with E-state index in [4.69, 9.17) is 17.0 Å². The summed E-state index contributed by atoms with van der Waals surface area (Å²) >= 11 is 5.44. The number of nitrogens with one attached hydrogen (secondary N) is 1. The molecule has 1 saturated carbocycles. The van der Waals surface area contributed by atoms with Gasteiger partial charge in [-0.1, -0.05) is 12.8 Å². The van der Waals surface area contributed by atoms with Crippen LogP contribution in [0.4, 0.5) is 0 Å². The zero-order valence-electron chi connectivity index (χ0n) is 9.90. The SMILES string of the molecule is COc1ccc2[nH]c(=S)n(C3CCCC3)c2c1. The van der Waals surface area contributed by atoms with Gasteiger partial charge < -0.3 is 14.3 Å². The number of imidazole rings is 1. The normalized spacial score (nSPS) is 16.8. The van der Waals surface area contributed by atoms with Gasteiger partial charge in [0.15, 0.2) is 4.77 Å². The van der Waals surface area contributed by atoms with Crippen molar-refractivity contribution in [2.45, 2.75) is 31.7 Å². The lowest BCUT2D eigenvalue weighted by Crippen LogP contribution is -2.04. The highest BCUT2D eigenvalue weighted by Gasteiger charge is 2.19. The van der Waals surface area contributed by atoms with Crippen molar-refractivity contribution < 1.29 is 4.74 Å². The summed E-state index contributed by atoms with van der Waals surface area (Å²) in [5, 5.41) is 0. The van der Waals surface area contributed by atoms with Gasteiger partial charge >= 0.3 is 0 Å². The summed E-state index contributed by atoms with van der Waals surface area (Å²) in [5.74, 6) is 0.887. The summed E-state index contributed by atoms with van der Waals surface area (Å²) < 4.78 is 8.39. The van der Waals surface area contributed by atoms with Crippen LogP contribution in [0, 0.1) is 4.77 Å². The number of fused-ring (bicyclic) bond motifs is 1. The maximum absolute atomic E-state index is 5.44. The van der Waals surface area contributed by atoms with Gasteiger partial charge in [-0.2, -0.15) is 0 Å². The minimum absolute atomic E-state index is 0.559. The number of ether oxygens (including phenoxy) is 1. The molecule has 1 aliphatic rings. The van der Waals surface area contributed by atoms with Crippen molar-refractivity contribution in [3.05, 3.63) is 23.0 Å². The fourth-order valence-corrected chi connectivity index (χ4v) is 3.11. The molecule has 0 spiro atoms. The molecule has 0 amide bonds. The van der Waals surface area contributed by atoms with Crippen molar-refractivity contribution in [2.75, 3.05) is 7.11 Å². The predicted octanol–water partition coefficient (Wildman–Crippen LogP) is 3.82. The number of aromatic nitrogens is 2. The highest BCUT2D eigenvalue weighted by molar-refractivity contribution is 7.71. The Balaban J connectivity index is 2.20. The summed E-state index contributed by atoms with van der Waals surface area (Å²) in [6.45, 7) is 0. The van der Waals surface area contributed by atoms with E-state index in [0.29, 0.717) is 6.04 Å². The molecular weight excluding hydrogens is 232 g/mol. The summed E-state index contributed by atoms with van der Waals surface area (Å²) in [6, 6.07) is 6.63. The standard InChI is InChI=1S/C13H16N2OS/c1-16-10-6-7-11-12(8-10)15(13(17)14-11)9-4-2-3-5-9/h6-9H,2-5H2,1H3,(H,14,17). The summed E-state index contributed by atoms with van der Waals surface area (Å²) in [6.07, 6.45) is 5.09. The minimum Gasteiger partial charge on any atom is -0.497 e. The van der Waals surface area contributed by atoms with Crippen LogP contribution in [0.2, 0.25) is 0 Å². The first-order chi connectivity index (χ1) is 8.29. The lowest BCUT2D eigenvalue weighted by molar-refractivity contribution is 0.415. The molecule has 0 radical (unpaired) electrons. The summed E-state index contributed by atoms with van der Waals surface area (Å²) in [5.41, 5.74) is 2.27. The maximum atomic E-state index is 5.44. The first-order valence-corrected chi connectivity index (χ1v) is 6.48. The lowest BCUT2D eigenvalue weighted by atomic mass is 10.2. The Morgan fingerprint density at radius 2 is 2.12 bits per heavy atom. The van der Waals surface area contributed by atoms with Gasteiger partial charge in [-0.25, -0.2) is 0 Å². The van der Waals surface area contributed by atoms with Crippen molar-refractivity contribution in [1.29, 1.82) is 0 Å². The molecule has 1 aromatic heterocycles. The Morgan fingerprint density at radius 1 is 1.35 bits per heavy atom. The quantitative estimate of drug-likeness (QED) is 0.819. The highest BCUT2D eigenvalue weighted by atomic mass is 32.1. The monoisotopic (exact) mass is 248 g/mol. The van der Waals surface area contributed by atoms with Gasteiger partial charge in [0.05, 0.1) is 18.1 Å². The molecule has 1 N–H and O–H groups in total. The molecule has 4 heteroatoms. The fourth-order valence-electron chi connectivity index (χ4n) is 2.75. The molecule has 2 aromatic rings. The molecule has 0 aliphatic heterocycles. The van der Waals surface area contributed by atoms with Crippen molar-refractivity contribution in [2.24, 2.45) is 0 Å². The molecule has 17 heavy (non-hydrogen) atoms. The summed E-state index contributed by atoms with van der Waals surface area (Å²) in [7, 11) is 1.70. The van der Waals surface area contributed by atoms with Crippen LogP contribution in [0.5, 0.6) is 5.75 Å². The number of rotatable bonds is 2. The van der Waals surface area contributed by atoms with Gasteiger partial charge in [-0.05, 0) is 37.2 Å². The molecule has 0 unspecified atom stereocenters. The van der Waals surface area contributed by atoms with Crippen LogP contribution in [-0.4, -0.2) is 16.7 Å². The second-order valence-corrected chi connectivity index (χ2v) is 5.01. The number of benzene rings is 1. The largest absolute Gasteiger partial charge is 0.497 e. The number of methoxy groups -OCH3 is 1.